The molecule has 0 amide bonds. The number of carbonyl (C=O) groups is 4. The van der Waals surface area contributed by atoms with Crippen LogP contribution < -0.4 is 0 Å². The molecular weight excluding hydrogens is 467 g/mol. The summed E-state index contributed by atoms with van der Waals surface area (Å²) in [6, 6.07) is 0. The van der Waals surface area contributed by atoms with Crippen molar-refractivity contribution in [2.75, 3.05) is 6.61 Å². The maximum atomic E-state index is 17.4. The van der Waals surface area contributed by atoms with E-state index in [0.717, 1.165) is 0 Å². The molecular formula is C28H37FO7. The Bertz CT molecular complexity index is 1060. The molecule has 0 aromatic rings. The van der Waals surface area contributed by atoms with Crippen molar-refractivity contribution >= 4 is 23.5 Å². The molecule has 0 spiro atoms. The summed E-state index contributed by atoms with van der Waals surface area (Å²) in [5.41, 5.74) is -5.30. The quantitative estimate of drug-likeness (QED) is 0.569. The molecule has 198 valence electrons. The molecule has 3 saturated carbocycles. The van der Waals surface area contributed by atoms with Gasteiger partial charge in [0.05, 0.1) is 12.0 Å². The number of esters is 2. The average Bonchev–Trinajstić information content (AvgIpc) is 3.00. The molecule has 7 nitrogen and oxygen atoms in total. The molecule has 4 rings (SSSR count). The fourth-order valence-electron chi connectivity index (χ4n) is 7.95. The van der Waals surface area contributed by atoms with Gasteiger partial charge < -0.3 is 14.6 Å². The van der Waals surface area contributed by atoms with Gasteiger partial charge in [-0.1, -0.05) is 39.3 Å². The lowest BCUT2D eigenvalue weighted by atomic mass is 9.44. The number of halogens is 1. The van der Waals surface area contributed by atoms with Crippen LogP contribution in [0.15, 0.2) is 23.8 Å². The van der Waals surface area contributed by atoms with E-state index in [-0.39, 0.29) is 18.1 Å². The number of aliphatic hydroxyl groups is 1. The van der Waals surface area contributed by atoms with Crippen LogP contribution in [-0.4, -0.2) is 52.6 Å². The Morgan fingerprint density at radius 1 is 1.22 bits per heavy atom. The van der Waals surface area contributed by atoms with E-state index < -0.39 is 70.3 Å². The Morgan fingerprint density at radius 2 is 1.89 bits per heavy atom. The second-order valence-corrected chi connectivity index (χ2v) is 11.9. The molecule has 36 heavy (non-hydrogen) atoms. The second kappa shape index (κ2) is 8.61. The van der Waals surface area contributed by atoms with E-state index in [0.29, 0.717) is 24.8 Å². The summed E-state index contributed by atoms with van der Waals surface area (Å²) in [5, 5.41) is 11.5. The number of Topliss-reactive ketones (excluding diaryl/α,β-unsaturated/α-hetero) is 1. The number of fused-ring (bicyclic) bond motifs is 5. The average molecular weight is 505 g/mol. The van der Waals surface area contributed by atoms with E-state index in [1.807, 2.05) is 6.92 Å². The monoisotopic (exact) mass is 504 g/mol. The molecule has 0 radical (unpaired) electrons. The Morgan fingerprint density at radius 3 is 2.50 bits per heavy atom. The van der Waals surface area contributed by atoms with Crippen LogP contribution in [0.3, 0.4) is 0 Å². The van der Waals surface area contributed by atoms with Gasteiger partial charge in [0.15, 0.2) is 23.7 Å². The maximum Gasteiger partial charge on any atom is 0.309 e. The fraction of sp³-hybridized carbons (Fsp3) is 0.714. The summed E-state index contributed by atoms with van der Waals surface area (Å²) in [4.78, 5) is 50.3. The lowest BCUT2D eigenvalue weighted by Gasteiger charge is -2.62. The van der Waals surface area contributed by atoms with E-state index in [1.54, 1.807) is 33.8 Å². The number of carbonyl (C=O) groups excluding carboxylic acids is 4. The number of ketones is 2. The highest BCUT2D eigenvalue weighted by atomic mass is 19.1. The van der Waals surface area contributed by atoms with Gasteiger partial charge in [-0.25, -0.2) is 4.39 Å². The first kappa shape index (κ1) is 26.7. The molecule has 1 unspecified atom stereocenters. The van der Waals surface area contributed by atoms with Crippen molar-refractivity contribution in [2.45, 2.75) is 84.6 Å². The van der Waals surface area contributed by atoms with Crippen LogP contribution in [0.5, 0.6) is 0 Å². The van der Waals surface area contributed by atoms with Gasteiger partial charge in [0.25, 0.3) is 0 Å². The number of hydrogen-bond acceptors (Lipinski definition) is 7. The Balaban J connectivity index is 1.83. The SMILES string of the molecule is CC(=O)OCC(=O)[C@@]1(OC(=O)C(C)C)[C@@H](C)C[C@H]2[C@@H]3CCC4=CC(=O)C=CC4(C)[C@@]3(F)[C@@H](O)C[C@@]21C. The van der Waals surface area contributed by atoms with Crippen LogP contribution in [-0.2, 0) is 28.7 Å². The van der Waals surface area contributed by atoms with Crippen LogP contribution in [0.25, 0.3) is 0 Å². The molecule has 3 fully saturated rings. The van der Waals surface area contributed by atoms with Gasteiger partial charge in [-0.15, -0.1) is 0 Å². The van der Waals surface area contributed by atoms with E-state index in [1.165, 1.54) is 19.1 Å². The summed E-state index contributed by atoms with van der Waals surface area (Å²) in [5.74, 6) is -3.95. The standard InChI is InChI=1S/C28H37FO7/c1-15(2)24(34)36-28(23(33)14-35-17(4)30)16(3)11-21-20-8-7-18-12-19(31)9-10-25(18,5)27(20,29)22(32)13-26(21,28)6/h9-10,12,15-16,20-22,32H,7-8,11,13-14H2,1-6H3/t16-,20-,21-,22-,25?,26-,27-,28-/m0/s1. The minimum atomic E-state index is -2.06. The van der Waals surface area contributed by atoms with Crippen molar-refractivity contribution < 1.29 is 38.1 Å². The van der Waals surface area contributed by atoms with Crippen LogP contribution in [0.1, 0.15) is 67.2 Å². The highest BCUT2D eigenvalue weighted by molar-refractivity contribution is 6.01. The van der Waals surface area contributed by atoms with E-state index in [2.05, 4.69) is 0 Å². The number of alkyl halides is 1. The lowest BCUT2D eigenvalue weighted by molar-refractivity contribution is -0.229. The first-order valence-electron chi connectivity index (χ1n) is 12.9. The van der Waals surface area contributed by atoms with Crippen LogP contribution in [0, 0.1) is 34.5 Å². The zero-order valence-corrected chi connectivity index (χ0v) is 21.9. The third-order valence-electron chi connectivity index (χ3n) is 9.73. The molecule has 0 aromatic heterocycles. The predicted molar refractivity (Wildman–Crippen MR) is 128 cm³/mol. The van der Waals surface area contributed by atoms with Crippen molar-refractivity contribution in [1.29, 1.82) is 0 Å². The smallest absolute Gasteiger partial charge is 0.309 e. The minimum Gasteiger partial charge on any atom is -0.458 e. The molecule has 4 aliphatic rings. The molecule has 0 saturated heterocycles. The third kappa shape index (κ3) is 3.39. The molecule has 0 aromatic carbocycles. The van der Waals surface area contributed by atoms with Crippen LogP contribution >= 0.6 is 0 Å². The van der Waals surface area contributed by atoms with E-state index in [9.17, 15) is 24.3 Å². The van der Waals surface area contributed by atoms with Crippen LogP contribution in [0.4, 0.5) is 4.39 Å². The van der Waals surface area contributed by atoms with E-state index in [4.69, 9.17) is 9.47 Å². The van der Waals surface area contributed by atoms with Gasteiger partial charge in [-0.05, 0) is 50.7 Å². The van der Waals surface area contributed by atoms with Gasteiger partial charge in [0.1, 0.15) is 0 Å². The zero-order valence-electron chi connectivity index (χ0n) is 21.9. The van der Waals surface area contributed by atoms with Crippen molar-refractivity contribution in [2.24, 2.45) is 34.5 Å². The number of allylic oxidation sites excluding steroid dienone is 4. The van der Waals surface area contributed by atoms with Gasteiger partial charge in [0, 0.05) is 29.6 Å². The Hall–Kier alpha value is -2.35. The summed E-state index contributed by atoms with van der Waals surface area (Å²) >= 11 is 0. The number of ether oxygens (including phenoxy) is 2. The van der Waals surface area contributed by atoms with Gasteiger partial charge in [0.2, 0.25) is 5.78 Å². The predicted octanol–water partition coefficient (Wildman–Crippen LogP) is 3.67. The highest BCUT2D eigenvalue weighted by Gasteiger charge is 2.77. The molecule has 1 N–H and O–H groups in total. The molecule has 4 aliphatic carbocycles. The van der Waals surface area contributed by atoms with Gasteiger partial charge in [-0.3, -0.25) is 19.2 Å². The molecule has 0 bridgehead atoms. The lowest BCUT2D eigenvalue weighted by Crippen LogP contribution is -2.70. The summed E-state index contributed by atoms with van der Waals surface area (Å²) < 4.78 is 28.5. The van der Waals surface area contributed by atoms with Gasteiger partial charge in [-0.2, -0.15) is 0 Å². The largest absolute Gasteiger partial charge is 0.458 e. The number of rotatable bonds is 5. The third-order valence-corrected chi connectivity index (χ3v) is 9.73. The molecule has 8 atom stereocenters. The van der Waals surface area contributed by atoms with Crippen molar-refractivity contribution in [1.82, 2.24) is 0 Å². The minimum absolute atomic E-state index is 0.114. The zero-order chi connectivity index (χ0) is 26.8. The second-order valence-electron chi connectivity index (χ2n) is 11.9. The van der Waals surface area contributed by atoms with Crippen molar-refractivity contribution in [3.63, 3.8) is 0 Å². The van der Waals surface area contributed by atoms with Gasteiger partial charge >= 0.3 is 11.9 Å². The van der Waals surface area contributed by atoms with Crippen molar-refractivity contribution in [3.05, 3.63) is 23.8 Å². The van der Waals surface area contributed by atoms with E-state index >= 15 is 4.39 Å². The Kier molecular flexibility index (Phi) is 6.38. The normalized spacial score (nSPS) is 43.2. The summed E-state index contributed by atoms with van der Waals surface area (Å²) in [7, 11) is 0. The topological polar surface area (TPSA) is 107 Å². The van der Waals surface area contributed by atoms with Crippen molar-refractivity contribution in [3.8, 4) is 0 Å². The maximum absolute atomic E-state index is 17.4. The number of aliphatic hydroxyl groups excluding tert-OH is 1. The summed E-state index contributed by atoms with van der Waals surface area (Å²) in [6.45, 7) is 9.31. The first-order chi connectivity index (χ1) is 16.6. The highest BCUT2D eigenvalue weighted by Crippen LogP contribution is 2.71. The summed E-state index contributed by atoms with van der Waals surface area (Å²) in [6.07, 6.45) is 4.14. The molecule has 0 aliphatic heterocycles. The molecule has 0 heterocycles. The molecule has 8 heteroatoms. The number of hydrogen-bond donors (Lipinski definition) is 1. The van der Waals surface area contributed by atoms with Crippen LogP contribution in [0.2, 0.25) is 0 Å². The first-order valence-corrected chi connectivity index (χ1v) is 12.9. The fourth-order valence-corrected chi connectivity index (χ4v) is 7.95. The Labute approximate surface area is 211 Å².